The molecule has 2 aliphatic carbocycles. The van der Waals surface area contributed by atoms with Gasteiger partial charge in [0, 0.05) is 24.3 Å². The van der Waals surface area contributed by atoms with Crippen molar-refractivity contribution in [2.24, 2.45) is 17.8 Å². The largest absolute Gasteiger partial charge is 0.504 e. The number of phenols is 1. The van der Waals surface area contributed by atoms with E-state index in [1.54, 1.807) is 36.4 Å². The second-order valence-corrected chi connectivity index (χ2v) is 13.2. The number of benzene rings is 3. The van der Waals surface area contributed by atoms with Crippen molar-refractivity contribution in [1.82, 2.24) is 4.90 Å². The average Bonchev–Trinajstić information content (AvgIpc) is 3.36. The van der Waals surface area contributed by atoms with Gasteiger partial charge in [-0.15, -0.1) is 23.2 Å². The van der Waals surface area contributed by atoms with Crippen LogP contribution in [-0.4, -0.2) is 57.5 Å². The molecule has 7 rings (SSSR count). The molecule has 0 spiro atoms. The van der Waals surface area contributed by atoms with Gasteiger partial charge in [0.05, 0.1) is 24.6 Å². The second kappa shape index (κ2) is 10.4. The highest BCUT2D eigenvalue weighted by Crippen LogP contribution is 2.65. The topological polar surface area (TPSA) is 116 Å². The SMILES string of the molecule is COc1ccc([C@H]2C3=CC[C@@H]4C(=O)N(c5ccc(Nc6ccccc6)cc5)C(=O)[C@@H]4[C@@H]3C[C@@]3(Cl)C(=O)N(C)C(=O)[C@@]23Cl)cc1O. The van der Waals surface area contributed by atoms with Gasteiger partial charge in [0.2, 0.25) is 11.8 Å². The summed E-state index contributed by atoms with van der Waals surface area (Å²) < 4.78 is 5.21. The maximum absolute atomic E-state index is 14.2. The van der Waals surface area contributed by atoms with Crippen molar-refractivity contribution in [2.75, 3.05) is 24.4 Å². The van der Waals surface area contributed by atoms with Gasteiger partial charge >= 0.3 is 0 Å². The first-order valence-electron chi connectivity index (χ1n) is 14.6. The van der Waals surface area contributed by atoms with Crippen LogP contribution < -0.4 is 15.0 Å². The number of allylic oxidation sites excluding steroid dienone is 2. The predicted molar refractivity (Wildman–Crippen MR) is 169 cm³/mol. The number of ether oxygens (including phenoxy) is 1. The van der Waals surface area contributed by atoms with E-state index in [9.17, 15) is 24.3 Å². The Kier molecular flexibility index (Phi) is 6.76. The molecule has 9 nitrogen and oxygen atoms in total. The molecule has 3 aromatic rings. The number of rotatable bonds is 5. The van der Waals surface area contributed by atoms with Crippen LogP contribution in [0.3, 0.4) is 0 Å². The number of hydrogen-bond acceptors (Lipinski definition) is 7. The maximum Gasteiger partial charge on any atom is 0.253 e. The number of nitrogens with zero attached hydrogens (tertiary/aromatic N) is 2. The number of phenolic OH excluding ortho intramolecular Hbond substituents is 1. The van der Waals surface area contributed by atoms with Crippen LogP contribution in [0, 0.1) is 17.8 Å². The van der Waals surface area contributed by atoms with E-state index < -0.39 is 51.1 Å². The molecular formula is C34H29Cl2N3O6. The summed E-state index contributed by atoms with van der Waals surface area (Å²) in [6.07, 6.45) is 1.99. The number of halogens is 2. The summed E-state index contributed by atoms with van der Waals surface area (Å²) in [5.41, 5.74) is 3.21. The molecule has 6 atom stereocenters. The Morgan fingerprint density at radius 1 is 0.889 bits per heavy atom. The van der Waals surface area contributed by atoms with Crippen molar-refractivity contribution in [2.45, 2.75) is 28.5 Å². The van der Waals surface area contributed by atoms with E-state index in [1.165, 1.54) is 25.1 Å². The first-order valence-corrected chi connectivity index (χ1v) is 15.3. The number of alkyl halides is 2. The van der Waals surface area contributed by atoms with E-state index >= 15 is 0 Å². The van der Waals surface area contributed by atoms with Gasteiger partial charge < -0.3 is 15.2 Å². The minimum absolute atomic E-state index is 0.106. The first-order chi connectivity index (χ1) is 21.5. The number of nitrogens with one attached hydrogen (secondary N) is 1. The number of fused-ring (bicyclic) bond motifs is 4. The van der Waals surface area contributed by atoms with Crippen LogP contribution in [-0.2, 0) is 19.2 Å². The van der Waals surface area contributed by atoms with Gasteiger partial charge in [0.25, 0.3) is 11.8 Å². The lowest BCUT2D eigenvalue weighted by Gasteiger charge is -2.50. The van der Waals surface area contributed by atoms with Crippen LogP contribution in [0.15, 0.2) is 84.4 Å². The monoisotopic (exact) mass is 645 g/mol. The zero-order valence-corrected chi connectivity index (χ0v) is 25.9. The van der Waals surface area contributed by atoms with Crippen molar-refractivity contribution >= 4 is 63.9 Å². The molecule has 230 valence electrons. The lowest BCUT2D eigenvalue weighted by atomic mass is 9.56. The molecule has 2 saturated heterocycles. The van der Waals surface area contributed by atoms with E-state index in [-0.39, 0.29) is 30.2 Å². The van der Waals surface area contributed by atoms with Crippen molar-refractivity contribution in [3.05, 3.63) is 90.0 Å². The molecule has 11 heteroatoms. The Morgan fingerprint density at radius 3 is 2.24 bits per heavy atom. The normalized spacial score (nSPS) is 30.5. The average molecular weight is 647 g/mol. The van der Waals surface area contributed by atoms with Crippen LogP contribution in [0.4, 0.5) is 17.1 Å². The minimum Gasteiger partial charge on any atom is -0.504 e. The molecule has 0 unspecified atom stereocenters. The fraction of sp³-hybridized carbons (Fsp3) is 0.294. The summed E-state index contributed by atoms with van der Waals surface area (Å²) in [4.78, 5) is 53.7. The number of anilines is 3. The molecule has 0 radical (unpaired) electrons. The fourth-order valence-corrected chi connectivity index (χ4v) is 8.66. The lowest BCUT2D eigenvalue weighted by Crippen LogP contribution is -2.60. The third kappa shape index (κ3) is 4.06. The summed E-state index contributed by atoms with van der Waals surface area (Å²) in [6.45, 7) is 0. The zero-order chi connectivity index (χ0) is 31.8. The number of imide groups is 2. The van der Waals surface area contributed by atoms with Gasteiger partial charge in [-0.25, -0.2) is 0 Å². The summed E-state index contributed by atoms with van der Waals surface area (Å²) in [7, 11) is 2.75. The summed E-state index contributed by atoms with van der Waals surface area (Å²) in [5.74, 6) is -5.14. The van der Waals surface area contributed by atoms with E-state index in [2.05, 4.69) is 5.32 Å². The van der Waals surface area contributed by atoms with E-state index in [4.69, 9.17) is 27.9 Å². The van der Waals surface area contributed by atoms with Gasteiger partial charge in [-0.3, -0.25) is 29.0 Å². The van der Waals surface area contributed by atoms with Crippen LogP contribution in [0.2, 0.25) is 0 Å². The Labute approximate surface area is 269 Å². The number of methoxy groups -OCH3 is 1. The first kappa shape index (κ1) is 29.4. The lowest BCUT2D eigenvalue weighted by molar-refractivity contribution is -0.138. The number of hydrogen-bond donors (Lipinski definition) is 2. The molecule has 4 aliphatic rings. The Hall–Kier alpha value is -4.34. The third-order valence-corrected chi connectivity index (χ3v) is 11.2. The fourth-order valence-electron chi connectivity index (χ4n) is 7.64. The van der Waals surface area contributed by atoms with Crippen LogP contribution in [0.25, 0.3) is 0 Å². The van der Waals surface area contributed by atoms with Gasteiger partial charge in [0.1, 0.15) is 0 Å². The van der Waals surface area contributed by atoms with Gasteiger partial charge in [-0.2, -0.15) is 0 Å². The highest BCUT2D eigenvalue weighted by molar-refractivity contribution is 6.53. The molecule has 0 bridgehead atoms. The Morgan fingerprint density at radius 2 is 1.58 bits per heavy atom. The maximum atomic E-state index is 14.2. The predicted octanol–water partition coefficient (Wildman–Crippen LogP) is 5.34. The number of carbonyl (C=O) groups is 4. The molecule has 3 fully saturated rings. The summed E-state index contributed by atoms with van der Waals surface area (Å²) in [5, 5.41) is 14.0. The van der Waals surface area contributed by atoms with Gasteiger partial charge in [0.15, 0.2) is 21.2 Å². The molecule has 2 heterocycles. The number of aromatic hydroxyl groups is 1. The molecule has 4 amide bonds. The second-order valence-electron chi connectivity index (χ2n) is 12.0. The van der Waals surface area contributed by atoms with Crippen molar-refractivity contribution in [3.8, 4) is 11.5 Å². The molecule has 45 heavy (non-hydrogen) atoms. The quantitative estimate of drug-likeness (QED) is 0.219. The Bertz CT molecular complexity index is 1800. The van der Waals surface area contributed by atoms with Crippen LogP contribution >= 0.6 is 23.2 Å². The Balaban J connectivity index is 1.27. The van der Waals surface area contributed by atoms with Gasteiger partial charge in [-0.1, -0.05) is 35.9 Å². The standard InChI is InChI=1S/C34H29Cl2N3O6/c1-38-31(43)33(35)17-24-22(28(34(33,36)32(38)44)18-8-15-26(45-2)25(40)16-18)13-14-23-27(24)30(42)39(29(23)41)21-11-9-20(10-12-21)37-19-6-4-3-5-7-19/h3-13,15-16,23-24,27-28,37,40H,14,17H2,1-2H3/t23-,24+,27-,28-,33+,34-/m0/s1. The number of likely N-dealkylation sites (tertiary alicyclic amines) is 1. The molecule has 2 N–H and O–H groups in total. The summed E-state index contributed by atoms with van der Waals surface area (Å²) in [6, 6.07) is 21.3. The molecular weight excluding hydrogens is 617 g/mol. The van der Waals surface area contributed by atoms with E-state index in [0.717, 1.165) is 16.3 Å². The highest BCUT2D eigenvalue weighted by Gasteiger charge is 2.75. The molecule has 2 aliphatic heterocycles. The third-order valence-electron chi connectivity index (χ3n) is 9.74. The van der Waals surface area contributed by atoms with Crippen LogP contribution in [0.5, 0.6) is 11.5 Å². The number of amides is 4. The highest BCUT2D eigenvalue weighted by atomic mass is 35.5. The number of carbonyl (C=O) groups excluding carboxylic acids is 4. The zero-order valence-electron chi connectivity index (χ0n) is 24.4. The van der Waals surface area contributed by atoms with Crippen molar-refractivity contribution in [3.63, 3.8) is 0 Å². The smallest absolute Gasteiger partial charge is 0.253 e. The van der Waals surface area contributed by atoms with E-state index in [1.807, 2.05) is 36.4 Å². The minimum atomic E-state index is -1.93. The van der Waals surface area contributed by atoms with E-state index in [0.29, 0.717) is 16.8 Å². The van der Waals surface area contributed by atoms with Crippen molar-refractivity contribution < 1.29 is 29.0 Å². The molecule has 3 aromatic carbocycles. The van der Waals surface area contributed by atoms with Crippen LogP contribution in [0.1, 0.15) is 24.3 Å². The molecule has 1 saturated carbocycles. The van der Waals surface area contributed by atoms with Gasteiger partial charge in [-0.05, 0) is 72.9 Å². The summed E-state index contributed by atoms with van der Waals surface area (Å²) >= 11 is 14.4. The molecule has 0 aromatic heterocycles. The number of para-hydroxylation sites is 1. The van der Waals surface area contributed by atoms with Crippen molar-refractivity contribution in [1.29, 1.82) is 0 Å².